The Bertz CT molecular complexity index is 535. The first kappa shape index (κ1) is 13.4. The fourth-order valence-electron chi connectivity index (χ4n) is 1.89. The lowest BCUT2D eigenvalue weighted by Crippen LogP contribution is -2.33. The number of nitrogens with zero attached hydrogens (tertiary/aromatic N) is 1. The van der Waals surface area contributed by atoms with Crippen LogP contribution in [-0.2, 0) is 0 Å². The molecule has 1 amide bonds. The molecule has 0 spiro atoms. The molecule has 1 aromatic heterocycles. The topological polar surface area (TPSA) is 54.3 Å². The lowest BCUT2D eigenvalue weighted by molar-refractivity contribution is 0.0934. The van der Waals surface area contributed by atoms with Gasteiger partial charge in [-0.15, -0.1) is 0 Å². The van der Waals surface area contributed by atoms with Gasteiger partial charge in [-0.1, -0.05) is 6.07 Å². The van der Waals surface area contributed by atoms with Gasteiger partial charge in [0.25, 0.3) is 5.91 Å². The first-order chi connectivity index (χ1) is 9.20. The summed E-state index contributed by atoms with van der Waals surface area (Å²) in [5.41, 5.74) is 1.57. The summed E-state index contributed by atoms with van der Waals surface area (Å²) in [4.78, 5) is 12.0. The fraction of sp³-hybridized carbons (Fsp3) is 0.267. The van der Waals surface area contributed by atoms with Crippen molar-refractivity contribution in [1.29, 1.82) is 0 Å². The predicted octanol–water partition coefficient (Wildman–Crippen LogP) is 1.98. The van der Waals surface area contributed by atoms with Crippen LogP contribution in [0.15, 0.2) is 48.8 Å². The molecule has 1 heterocycles. The van der Waals surface area contributed by atoms with Crippen molar-refractivity contribution in [2.75, 3.05) is 6.61 Å². The number of hydrogen-bond donors (Lipinski definition) is 2. The molecule has 1 aromatic carbocycles. The SMILES string of the molecule is CC(CCO)NC(=O)c1cccc(-n2cccc2)c1. The van der Waals surface area contributed by atoms with Crippen molar-refractivity contribution in [2.24, 2.45) is 0 Å². The lowest BCUT2D eigenvalue weighted by Gasteiger charge is -2.13. The van der Waals surface area contributed by atoms with E-state index in [2.05, 4.69) is 5.32 Å². The van der Waals surface area contributed by atoms with Crippen molar-refractivity contribution in [3.63, 3.8) is 0 Å². The normalized spacial score (nSPS) is 12.1. The van der Waals surface area contributed by atoms with Gasteiger partial charge >= 0.3 is 0 Å². The molecule has 0 radical (unpaired) electrons. The number of aliphatic hydroxyl groups excluding tert-OH is 1. The Morgan fingerprint density at radius 2 is 2.05 bits per heavy atom. The maximum Gasteiger partial charge on any atom is 0.251 e. The molecule has 0 aliphatic rings. The van der Waals surface area contributed by atoms with E-state index in [1.165, 1.54) is 0 Å². The highest BCUT2D eigenvalue weighted by Crippen LogP contribution is 2.11. The van der Waals surface area contributed by atoms with Crippen molar-refractivity contribution in [3.8, 4) is 5.69 Å². The summed E-state index contributed by atoms with van der Waals surface area (Å²) in [5, 5.41) is 11.7. The van der Waals surface area contributed by atoms with Gasteiger partial charge in [0.05, 0.1) is 0 Å². The molecule has 19 heavy (non-hydrogen) atoms. The number of nitrogens with one attached hydrogen (secondary N) is 1. The highest BCUT2D eigenvalue weighted by molar-refractivity contribution is 5.94. The Morgan fingerprint density at radius 3 is 2.74 bits per heavy atom. The Kier molecular flexibility index (Phi) is 4.36. The Morgan fingerprint density at radius 1 is 1.32 bits per heavy atom. The summed E-state index contributed by atoms with van der Waals surface area (Å²) in [7, 11) is 0. The van der Waals surface area contributed by atoms with Crippen molar-refractivity contribution < 1.29 is 9.90 Å². The summed E-state index contributed by atoms with van der Waals surface area (Å²) >= 11 is 0. The number of carbonyl (C=O) groups excluding carboxylic acids is 1. The number of amides is 1. The van der Waals surface area contributed by atoms with Crippen LogP contribution in [0.25, 0.3) is 5.69 Å². The second kappa shape index (κ2) is 6.20. The van der Waals surface area contributed by atoms with Gasteiger partial charge in [0.15, 0.2) is 0 Å². The van der Waals surface area contributed by atoms with Crippen LogP contribution in [0.4, 0.5) is 0 Å². The van der Waals surface area contributed by atoms with Crippen LogP contribution < -0.4 is 5.32 Å². The van der Waals surface area contributed by atoms with E-state index in [0.29, 0.717) is 12.0 Å². The van der Waals surface area contributed by atoms with Crippen LogP contribution in [0.2, 0.25) is 0 Å². The first-order valence-corrected chi connectivity index (χ1v) is 6.36. The first-order valence-electron chi connectivity index (χ1n) is 6.36. The molecule has 0 fully saturated rings. The fourth-order valence-corrected chi connectivity index (χ4v) is 1.89. The van der Waals surface area contributed by atoms with E-state index >= 15 is 0 Å². The van der Waals surface area contributed by atoms with Crippen LogP contribution in [-0.4, -0.2) is 28.2 Å². The minimum absolute atomic E-state index is 0.0345. The summed E-state index contributed by atoms with van der Waals surface area (Å²) < 4.78 is 1.95. The molecule has 2 N–H and O–H groups in total. The molecule has 2 aromatic rings. The molecular formula is C15H18N2O2. The Labute approximate surface area is 112 Å². The van der Waals surface area contributed by atoms with Crippen molar-refractivity contribution in [1.82, 2.24) is 9.88 Å². The molecule has 4 nitrogen and oxygen atoms in total. The molecule has 2 rings (SSSR count). The van der Waals surface area contributed by atoms with E-state index < -0.39 is 0 Å². The number of aromatic nitrogens is 1. The largest absolute Gasteiger partial charge is 0.396 e. The van der Waals surface area contributed by atoms with Crippen molar-refractivity contribution in [2.45, 2.75) is 19.4 Å². The molecule has 1 unspecified atom stereocenters. The van der Waals surface area contributed by atoms with Crippen molar-refractivity contribution >= 4 is 5.91 Å². The van der Waals surface area contributed by atoms with E-state index in [1.807, 2.05) is 54.2 Å². The van der Waals surface area contributed by atoms with Crippen LogP contribution in [0.5, 0.6) is 0 Å². The van der Waals surface area contributed by atoms with Gasteiger partial charge < -0.3 is 15.0 Å². The zero-order valence-electron chi connectivity index (χ0n) is 10.9. The number of rotatable bonds is 5. The summed E-state index contributed by atoms with van der Waals surface area (Å²) in [5.74, 6) is -0.116. The van der Waals surface area contributed by atoms with Gasteiger partial charge in [0.1, 0.15) is 0 Å². The Hall–Kier alpha value is -2.07. The molecule has 100 valence electrons. The van der Waals surface area contributed by atoms with Gasteiger partial charge in [-0.3, -0.25) is 4.79 Å². The van der Waals surface area contributed by atoms with Gasteiger partial charge in [0, 0.05) is 36.3 Å². The molecule has 0 aliphatic carbocycles. The minimum Gasteiger partial charge on any atom is -0.396 e. The highest BCUT2D eigenvalue weighted by atomic mass is 16.3. The lowest BCUT2D eigenvalue weighted by atomic mass is 10.1. The molecule has 0 saturated carbocycles. The standard InChI is InChI=1S/C15H18N2O2/c1-12(7-10-18)16-15(19)13-5-4-6-14(11-13)17-8-2-3-9-17/h2-6,8-9,11-12,18H,7,10H2,1H3,(H,16,19). The highest BCUT2D eigenvalue weighted by Gasteiger charge is 2.10. The van der Waals surface area contributed by atoms with E-state index in [4.69, 9.17) is 5.11 Å². The van der Waals surface area contributed by atoms with E-state index in [-0.39, 0.29) is 18.6 Å². The monoisotopic (exact) mass is 258 g/mol. The quantitative estimate of drug-likeness (QED) is 0.861. The van der Waals surface area contributed by atoms with Gasteiger partial charge in [-0.25, -0.2) is 0 Å². The molecule has 0 bridgehead atoms. The number of benzene rings is 1. The second-order valence-electron chi connectivity index (χ2n) is 4.53. The smallest absolute Gasteiger partial charge is 0.251 e. The van der Waals surface area contributed by atoms with Crippen LogP contribution >= 0.6 is 0 Å². The third-order valence-electron chi connectivity index (χ3n) is 2.95. The van der Waals surface area contributed by atoms with Gasteiger partial charge in [0.2, 0.25) is 0 Å². The second-order valence-corrected chi connectivity index (χ2v) is 4.53. The van der Waals surface area contributed by atoms with Crippen LogP contribution in [0.1, 0.15) is 23.7 Å². The number of carbonyl (C=O) groups is 1. The molecule has 1 atom stereocenters. The van der Waals surface area contributed by atoms with Crippen molar-refractivity contribution in [3.05, 3.63) is 54.4 Å². The summed E-state index contributed by atoms with van der Waals surface area (Å²) in [6, 6.07) is 11.3. The average Bonchev–Trinajstić information content (AvgIpc) is 2.93. The maximum atomic E-state index is 12.0. The van der Waals surface area contributed by atoms with Gasteiger partial charge in [-0.2, -0.15) is 0 Å². The molecule has 4 heteroatoms. The zero-order valence-corrected chi connectivity index (χ0v) is 10.9. The van der Waals surface area contributed by atoms with Crippen LogP contribution in [0, 0.1) is 0 Å². The maximum absolute atomic E-state index is 12.0. The molecular weight excluding hydrogens is 240 g/mol. The third-order valence-corrected chi connectivity index (χ3v) is 2.95. The molecule has 0 saturated heterocycles. The zero-order chi connectivity index (χ0) is 13.7. The predicted molar refractivity (Wildman–Crippen MR) is 74.4 cm³/mol. The number of hydrogen-bond acceptors (Lipinski definition) is 2. The van der Waals surface area contributed by atoms with E-state index in [0.717, 1.165) is 5.69 Å². The minimum atomic E-state index is -0.116. The summed E-state index contributed by atoms with van der Waals surface area (Å²) in [6.45, 7) is 1.95. The Balaban J connectivity index is 2.12. The summed E-state index contributed by atoms with van der Waals surface area (Å²) in [6.07, 6.45) is 4.43. The average molecular weight is 258 g/mol. The third kappa shape index (κ3) is 3.45. The van der Waals surface area contributed by atoms with Crippen LogP contribution in [0.3, 0.4) is 0 Å². The van der Waals surface area contributed by atoms with E-state index in [1.54, 1.807) is 6.07 Å². The van der Waals surface area contributed by atoms with E-state index in [9.17, 15) is 4.79 Å². The van der Waals surface area contributed by atoms with Gasteiger partial charge in [-0.05, 0) is 43.7 Å². The molecule has 0 aliphatic heterocycles. The number of aliphatic hydroxyl groups is 1.